The summed E-state index contributed by atoms with van der Waals surface area (Å²) in [6.45, 7) is 4.60. The Morgan fingerprint density at radius 2 is 2.24 bits per heavy atom. The van der Waals surface area contributed by atoms with Gasteiger partial charge in [0, 0.05) is 29.5 Å². The highest BCUT2D eigenvalue weighted by Crippen LogP contribution is 2.18. The molecule has 0 amide bonds. The van der Waals surface area contributed by atoms with Crippen LogP contribution in [0.25, 0.3) is 0 Å². The second-order valence-corrected chi connectivity index (χ2v) is 4.24. The van der Waals surface area contributed by atoms with Gasteiger partial charge in [-0.15, -0.1) is 0 Å². The van der Waals surface area contributed by atoms with Crippen LogP contribution in [-0.2, 0) is 6.54 Å². The van der Waals surface area contributed by atoms with E-state index >= 15 is 0 Å². The molecule has 0 radical (unpaired) electrons. The second kappa shape index (κ2) is 4.72. The Hall–Kier alpha value is -1.61. The lowest BCUT2D eigenvalue weighted by Gasteiger charge is -2.05. The Morgan fingerprint density at radius 3 is 2.88 bits per heavy atom. The van der Waals surface area contributed by atoms with E-state index in [4.69, 9.17) is 11.6 Å². The van der Waals surface area contributed by atoms with Crippen LogP contribution >= 0.6 is 11.6 Å². The van der Waals surface area contributed by atoms with Gasteiger partial charge < -0.3 is 4.57 Å². The van der Waals surface area contributed by atoms with E-state index in [1.54, 1.807) is 24.5 Å². The lowest BCUT2D eigenvalue weighted by atomic mass is 10.1. The number of halogens is 1. The van der Waals surface area contributed by atoms with Crippen LogP contribution in [0.2, 0.25) is 5.02 Å². The highest BCUT2D eigenvalue weighted by molar-refractivity contribution is 6.31. The molecule has 0 aliphatic rings. The van der Waals surface area contributed by atoms with Crippen molar-refractivity contribution >= 4 is 17.4 Å². The van der Waals surface area contributed by atoms with E-state index < -0.39 is 0 Å². The Morgan fingerprint density at radius 1 is 1.47 bits per heavy atom. The van der Waals surface area contributed by atoms with Crippen molar-refractivity contribution in [1.82, 2.24) is 9.55 Å². The van der Waals surface area contributed by atoms with Gasteiger partial charge in [0.2, 0.25) is 5.78 Å². The molecule has 2 aromatic rings. The normalized spacial score (nSPS) is 10.5. The molecule has 4 heteroatoms. The minimum atomic E-state index is -0.0984. The number of aromatic nitrogens is 2. The molecule has 0 aliphatic carbocycles. The van der Waals surface area contributed by atoms with Gasteiger partial charge in [-0.05, 0) is 25.5 Å². The molecular weight excluding hydrogens is 236 g/mol. The van der Waals surface area contributed by atoms with Crippen LogP contribution in [0.4, 0.5) is 0 Å². The molecule has 0 saturated heterocycles. The van der Waals surface area contributed by atoms with Crippen LogP contribution in [0.3, 0.4) is 0 Å². The maximum Gasteiger partial charge on any atom is 0.228 e. The van der Waals surface area contributed by atoms with Crippen molar-refractivity contribution in [3.63, 3.8) is 0 Å². The summed E-state index contributed by atoms with van der Waals surface area (Å²) in [5.41, 5.74) is 1.53. The van der Waals surface area contributed by atoms with Crippen molar-refractivity contribution in [3.05, 3.63) is 52.6 Å². The number of rotatable bonds is 3. The smallest absolute Gasteiger partial charge is 0.228 e. The first-order valence-corrected chi connectivity index (χ1v) is 5.83. The van der Waals surface area contributed by atoms with Gasteiger partial charge in [-0.25, -0.2) is 4.98 Å². The molecule has 88 valence electrons. The number of imidazole rings is 1. The van der Waals surface area contributed by atoms with E-state index in [-0.39, 0.29) is 5.78 Å². The summed E-state index contributed by atoms with van der Waals surface area (Å²) < 4.78 is 1.82. The molecule has 0 bridgehead atoms. The third kappa shape index (κ3) is 2.24. The average molecular weight is 249 g/mol. The Kier molecular flexibility index (Phi) is 3.29. The van der Waals surface area contributed by atoms with Gasteiger partial charge in [0.15, 0.2) is 5.82 Å². The summed E-state index contributed by atoms with van der Waals surface area (Å²) in [6.07, 6.45) is 3.43. The lowest BCUT2D eigenvalue weighted by molar-refractivity contribution is 0.102. The second-order valence-electron chi connectivity index (χ2n) is 3.83. The molecule has 0 atom stereocenters. The predicted octanol–water partition coefficient (Wildman–Crippen LogP) is 3.10. The number of ketones is 1. The fraction of sp³-hybridized carbons (Fsp3) is 0.231. The molecule has 1 aromatic heterocycles. The maximum atomic E-state index is 12.2. The van der Waals surface area contributed by atoms with E-state index in [9.17, 15) is 4.79 Å². The fourth-order valence-electron chi connectivity index (χ4n) is 1.64. The van der Waals surface area contributed by atoms with Gasteiger partial charge in [-0.3, -0.25) is 4.79 Å². The van der Waals surface area contributed by atoms with Crippen molar-refractivity contribution in [2.45, 2.75) is 20.4 Å². The summed E-state index contributed by atoms with van der Waals surface area (Å²) >= 11 is 6.01. The molecule has 1 heterocycles. The highest BCUT2D eigenvalue weighted by atomic mass is 35.5. The van der Waals surface area contributed by atoms with Gasteiger partial charge in [0.1, 0.15) is 0 Å². The van der Waals surface area contributed by atoms with Crippen molar-refractivity contribution in [2.75, 3.05) is 0 Å². The Balaban J connectivity index is 2.40. The molecule has 0 unspecified atom stereocenters. The van der Waals surface area contributed by atoms with E-state index in [2.05, 4.69) is 4.98 Å². The number of nitrogens with zero attached hydrogens (tertiary/aromatic N) is 2. The van der Waals surface area contributed by atoms with Gasteiger partial charge in [0.05, 0.1) is 0 Å². The number of carbonyl (C=O) groups is 1. The zero-order valence-electron chi connectivity index (χ0n) is 9.77. The first kappa shape index (κ1) is 11.9. The number of aryl methyl sites for hydroxylation is 2. The van der Waals surface area contributed by atoms with Gasteiger partial charge in [0.25, 0.3) is 0 Å². The van der Waals surface area contributed by atoms with E-state index in [0.29, 0.717) is 16.4 Å². The summed E-state index contributed by atoms with van der Waals surface area (Å²) in [7, 11) is 0. The first-order chi connectivity index (χ1) is 8.13. The number of benzene rings is 1. The van der Waals surface area contributed by atoms with E-state index in [1.165, 1.54) is 0 Å². The minimum Gasteiger partial charge on any atom is -0.328 e. The van der Waals surface area contributed by atoms with Crippen molar-refractivity contribution in [3.8, 4) is 0 Å². The van der Waals surface area contributed by atoms with Crippen LogP contribution in [0.5, 0.6) is 0 Å². The molecule has 0 N–H and O–H groups in total. The zero-order valence-corrected chi connectivity index (χ0v) is 10.5. The van der Waals surface area contributed by atoms with Crippen LogP contribution in [0.1, 0.15) is 28.7 Å². The van der Waals surface area contributed by atoms with Gasteiger partial charge >= 0.3 is 0 Å². The molecule has 0 spiro atoms. The standard InChI is InChI=1S/C13H13ClN2O/c1-3-16-7-6-15-13(16)12(17)10-5-4-9(2)11(14)8-10/h4-8H,3H2,1-2H3. The summed E-state index contributed by atoms with van der Waals surface area (Å²) in [4.78, 5) is 16.3. The molecule has 0 aliphatic heterocycles. The quantitative estimate of drug-likeness (QED) is 0.783. The SMILES string of the molecule is CCn1ccnc1C(=O)c1ccc(C)c(Cl)c1. The Bertz CT molecular complexity index is 560. The summed E-state index contributed by atoms with van der Waals surface area (Å²) in [6, 6.07) is 5.31. The van der Waals surface area contributed by atoms with Crippen LogP contribution in [0, 0.1) is 6.92 Å². The number of hydrogen-bond donors (Lipinski definition) is 0. The average Bonchev–Trinajstić information content (AvgIpc) is 2.80. The maximum absolute atomic E-state index is 12.2. The van der Waals surface area contributed by atoms with Crippen molar-refractivity contribution in [1.29, 1.82) is 0 Å². The highest BCUT2D eigenvalue weighted by Gasteiger charge is 2.15. The molecule has 0 fully saturated rings. The molecule has 2 rings (SSSR count). The molecule has 17 heavy (non-hydrogen) atoms. The van der Waals surface area contributed by atoms with Crippen molar-refractivity contribution < 1.29 is 4.79 Å². The minimum absolute atomic E-state index is 0.0984. The molecular formula is C13H13ClN2O. The van der Waals surface area contributed by atoms with Crippen LogP contribution in [0.15, 0.2) is 30.6 Å². The largest absolute Gasteiger partial charge is 0.328 e. The number of carbonyl (C=O) groups excluding carboxylic acids is 1. The summed E-state index contributed by atoms with van der Waals surface area (Å²) in [5, 5.41) is 0.602. The van der Waals surface area contributed by atoms with E-state index in [0.717, 1.165) is 12.1 Å². The first-order valence-electron chi connectivity index (χ1n) is 5.45. The molecule has 3 nitrogen and oxygen atoms in total. The third-order valence-electron chi connectivity index (χ3n) is 2.69. The summed E-state index contributed by atoms with van der Waals surface area (Å²) in [5.74, 6) is 0.353. The number of hydrogen-bond acceptors (Lipinski definition) is 2. The van der Waals surface area contributed by atoms with Crippen LogP contribution < -0.4 is 0 Å². The molecule has 1 aromatic carbocycles. The van der Waals surface area contributed by atoms with Gasteiger partial charge in [-0.2, -0.15) is 0 Å². The topological polar surface area (TPSA) is 34.9 Å². The fourth-order valence-corrected chi connectivity index (χ4v) is 1.82. The predicted molar refractivity (Wildman–Crippen MR) is 67.5 cm³/mol. The zero-order chi connectivity index (χ0) is 12.4. The lowest BCUT2D eigenvalue weighted by Crippen LogP contribution is -2.10. The van der Waals surface area contributed by atoms with Crippen molar-refractivity contribution in [2.24, 2.45) is 0 Å². The third-order valence-corrected chi connectivity index (χ3v) is 3.10. The van der Waals surface area contributed by atoms with Gasteiger partial charge in [-0.1, -0.05) is 23.7 Å². The molecule has 0 saturated carbocycles. The Labute approximate surface area is 105 Å². The van der Waals surface area contributed by atoms with Crippen LogP contribution in [-0.4, -0.2) is 15.3 Å². The van der Waals surface area contributed by atoms with E-state index in [1.807, 2.05) is 24.5 Å². The monoisotopic (exact) mass is 248 g/mol.